The fourth-order valence-electron chi connectivity index (χ4n) is 0.380. The molecule has 3 nitrogen and oxygen atoms in total. The molecule has 0 aliphatic carbocycles. The molecule has 0 atom stereocenters. The third-order valence-corrected chi connectivity index (χ3v) is 0.683. The average Bonchev–Trinajstić information content (AvgIpc) is 2.14. The molecule has 3 heteroatoms. The molecule has 1 aromatic rings. The van der Waals surface area contributed by atoms with Crippen LogP contribution in [0.15, 0.2) is 29.8 Å². The first-order chi connectivity index (χ1) is 3.43. The molecule has 0 aromatic carbocycles. The Morgan fingerprint density at radius 2 is 1.86 bits per heavy atom. The van der Waals surface area contributed by atoms with Crippen LogP contribution in [0.5, 0.6) is 0 Å². The lowest BCUT2D eigenvalue weighted by atomic mass is 10.7. The van der Waals surface area contributed by atoms with Gasteiger partial charge in [0, 0.05) is 12.4 Å². The average molecular weight is 96.1 g/mol. The van der Waals surface area contributed by atoms with Crippen molar-refractivity contribution in [3.63, 3.8) is 0 Å². The Labute approximate surface area is 40.5 Å². The third-order valence-electron chi connectivity index (χ3n) is 0.683. The van der Waals surface area contributed by atoms with E-state index in [4.69, 9.17) is 0 Å². The van der Waals surface area contributed by atoms with Gasteiger partial charge in [-0.2, -0.15) is 0 Å². The van der Waals surface area contributed by atoms with Gasteiger partial charge in [0.2, 0.25) is 0 Å². The first-order valence-corrected chi connectivity index (χ1v) is 1.90. The van der Waals surface area contributed by atoms with Crippen molar-refractivity contribution in [2.45, 2.75) is 0 Å². The SMILES string of the molecule is O=Nn1cccc1. The highest BCUT2D eigenvalue weighted by Crippen LogP contribution is 1.85. The van der Waals surface area contributed by atoms with Gasteiger partial charge in [-0.25, -0.2) is 4.68 Å². The molecule has 1 rings (SSSR count). The molecule has 0 unspecified atom stereocenters. The van der Waals surface area contributed by atoms with Crippen LogP contribution < -0.4 is 0 Å². The summed E-state index contributed by atoms with van der Waals surface area (Å²) in [7, 11) is 0. The summed E-state index contributed by atoms with van der Waals surface area (Å²) in [5.74, 6) is 0. The Morgan fingerprint density at radius 1 is 1.29 bits per heavy atom. The normalized spacial score (nSPS) is 8.57. The van der Waals surface area contributed by atoms with Crippen LogP contribution >= 0.6 is 0 Å². The Hall–Kier alpha value is -1.12. The minimum atomic E-state index is 1.19. The lowest BCUT2D eigenvalue weighted by molar-refractivity contribution is 0.876. The molecular weight excluding hydrogens is 92.1 g/mol. The third kappa shape index (κ3) is 0.652. The molecule has 0 amide bonds. The number of aromatic nitrogens is 1. The van der Waals surface area contributed by atoms with Gasteiger partial charge in [-0.1, -0.05) is 0 Å². The summed E-state index contributed by atoms with van der Waals surface area (Å²) in [4.78, 5) is 9.58. The van der Waals surface area contributed by atoms with Crippen LogP contribution in [0.1, 0.15) is 0 Å². The quantitative estimate of drug-likeness (QED) is 0.480. The molecule has 0 aliphatic heterocycles. The van der Waals surface area contributed by atoms with E-state index in [2.05, 4.69) is 5.29 Å². The van der Waals surface area contributed by atoms with Crippen molar-refractivity contribution in [3.05, 3.63) is 29.4 Å². The standard InChI is InChI=1S/C4H4N2O/c7-5-6-3-1-2-4-6/h1-4H. The molecule has 0 radical (unpaired) electrons. The maximum Gasteiger partial charge on any atom is 0.0613 e. The summed E-state index contributed by atoms with van der Waals surface area (Å²) >= 11 is 0. The molecule has 1 aromatic heterocycles. The van der Waals surface area contributed by atoms with Gasteiger partial charge in [-0.3, -0.25) is 0 Å². The number of hydrogen-bond donors (Lipinski definition) is 0. The summed E-state index contributed by atoms with van der Waals surface area (Å²) in [6.07, 6.45) is 3.15. The van der Waals surface area contributed by atoms with E-state index in [1.807, 2.05) is 0 Å². The highest BCUT2D eigenvalue weighted by Gasteiger charge is 1.76. The first-order valence-electron chi connectivity index (χ1n) is 1.90. The summed E-state index contributed by atoms with van der Waals surface area (Å²) < 4.78 is 1.19. The minimum absolute atomic E-state index is 1.19. The molecular formula is C4H4N2O. The lowest BCUT2D eigenvalue weighted by Gasteiger charge is -1.75. The zero-order chi connectivity index (χ0) is 5.11. The summed E-state index contributed by atoms with van der Waals surface area (Å²) in [5.41, 5.74) is 0. The van der Waals surface area contributed by atoms with Crippen LogP contribution in [-0.4, -0.2) is 4.68 Å². The Morgan fingerprint density at radius 3 is 2.14 bits per heavy atom. The Kier molecular flexibility index (Phi) is 0.898. The van der Waals surface area contributed by atoms with Gasteiger partial charge in [0.05, 0.1) is 5.29 Å². The predicted molar refractivity (Wildman–Crippen MR) is 25.6 cm³/mol. The predicted octanol–water partition coefficient (Wildman–Crippen LogP) is 1.02. The molecule has 0 N–H and O–H groups in total. The van der Waals surface area contributed by atoms with Gasteiger partial charge in [0.1, 0.15) is 0 Å². The van der Waals surface area contributed by atoms with Crippen LogP contribution in [0.4, 0.5) is 0 Å². The van der Waals surface area contributed by atoms with Crippen molar-refractivity contribution >= 4 is 0 Å². The number of nitroso groups, excluding NO2 is 1. The van der Waals surface area contributed by atoms with Crippen LogP contribution in [0.25, 0.3) is 0 Å². The largest absolute Gasteiger partial charge is 0.212 e. The minimum Gasteiger partial charge on any atom is -0.212 e. The van der Waals surface area contributed by atoms with Gasteiger partial charge in [0.25, 0.3) is 0 Å². The van der Waals surface area contributed by atoms with E-state index in [1.54, 1.807) is 24.5 Å². The van der Waals surface area contributed by atoms with Crippen LogP contribution in [0.2, 0.25) is 0 Å². The summed E-state index contributed by atoms with van der Waals surface area (Å²) in [5, 5.41) is 2.60. The molecule has 0 spiro atoms. The van der Waals surface area contributed by atoms with Gasteiger partial charge in [-0.05, 0) is 12.1 Å². The van der Waals surface area contributed by atoms with E-state index in [0.717, 1.165) is 0 Å². The molecule has 0 fully saturated rings. The van der Waals surface area contributed by atoms with Crippen molar-refractivity contribution in [1.29, 1.82) is 0 Å². The van der Waals surface area contributed by atoms with E-state index >= 15 is 0 Å². The highest BCUT2D eigenvalue weighted by molar-refractivity contribution is 4.89. The van der Waals surface area contributed by atoms with Gasteiger partial charge in [0.15, 0.2) is 0 Å². The molecule has 0 aliphatic rings. The molecule has 0 saturated carbocycles. The van der Waals surface area contributed by atoms with Crippen LogP contribution in [0.3, 0.4) is 0 Å². The van der Waals surface area contributed by atoms with Gasteiger partial charge < -0.3 is 0 Å². The van der Waals surface area contributed by atoms with Crippen molar-refractivity contribution in [2.24, 2.45) is 5.29 Å². The van der Waals surface area contributed by atoms with Crippen molar-refractivity contribution < 1.29 is 0 Å². The maximum atomic E-state index is 9.58. The zero-order valence-electron chi connectivity index (χ0n) is 3.61. The first kappa shape index (κ1) is 4.05. The van der Waals surface area contributed by atoms with Crippen molar-refractivity contribution in [3.8, 4) is 0 Å². The maximum absolute atomic E-state index is 9.58. The topological polar surface area (TPSA) is 34.4 Å². The summed E-state index contributed by atoms with van der Waals surface area (Å²) in [6, 6.07) is 3.48. The second-order valence-electron chi connectivity index (χ2n) is 1.14. The number of hydrogen-bond acceptors (Lipinski definition) is 2. The van der Waals surface area contributed by atoms with Gasteiger partial charge >= 0.3 is 0 Å². The van der Waals surface area contributed by atoms with E-state index in [0.29, 0.717) is 0 Å². The van der Waals surface area contributed by atoms with E-state index in [1.165, 1.54) is 4.68 Å². The fraction of sp³-hybridized carbons (Fsp3) is 0. The second kappa shape index (κ2) is 1.55. The molecule has 36 valence electrons. The van der Waals surface area contributed by atoms with Gasteiger partial charge in [-0.15, -0.1) is 4.91 Å². The smallest absolute Gasteiger partial charge is 0.0613 e. The Balaban J connectivity index is 2.96. The van der Waals surface area contributed by atoms with Crippen molar-refractivity contribution in [1.82, 2.24) is 4.68 Å². The molecule has 1 heterocycles. The molecule has 0 bridgehead atoms. The van der Waals surface area contributed by atoms with Crippen LogP contribution in [0, 0.1) is 4.91 Å². The van der Waals surface area contributed by atoms with Crippen molar-refractivity contribution in [2.75, 3.05) is 0 Å². The number of nitrogens with zero attached hydrogens (tertiary/aromatic N) is 2. The highest BCUT2D eigenvalue weighted by atomic mass is 16.3. The molecule has 7 heavy (non-hydrogen) atoms. The lowest BCUT2D eigenvalue weighted by Crippen LogP contribution is -1.74. The van der Waals surface area contributed by atoms with E-state index in [-0.39, 0.29) is 0 Å². The van der Waals surface area contributed by atoms with E-state index in [9.17, 15) is 4.91 Å². The molecule has 0 saturated heterocycles. The zero-order valence-corrected chi connectivity index (χ0v) is 3.61. The second-order valence-corrected chi connectivity index (χ2v) is 1.14. The van der Waals surface area contributed by atoms with Crippen LogP contribution in [-0.2, 0) is 0 Å². The number of rotatable bonds is 1. The van der Waals surface area contributed by atoms with E-state index < -0.39 is 0 Å². The Bertz CT molecular complexity index is 145. The fourth-order valence-corrected chi connectivity index (χ4v) is 0.380. The monoisotopic (exact) mass is 96.0 g/mol. The summed E-state index contributed by atoms with van der Waals surface area (Å²) in [6.45, 7) is 0.